The van der Waals surface area contributed by atoms with Crippen LogP contribution in [0.3, 0.4) is 0 Å². The molecule has 0 bridgehead atoms. The number of ketones is 1. The molecular formula is C33H30FN5O5S2. The van der Waals surface area contributed by atoms with Gasteiger partial charge in [0.25, 0.3) is 5.78 Å². The molecule has 6 rings (SSSR count). The zero-order chi connectivity index (χ0) is 32.4. The Morgan fingerprint density at radius 3 is 2.61 bits per heavy atom. The maximum absolute atomic E-state index is 13.8. The lowest BCUT2D eigenvalue weighted by molar-refractivity contribution is -0.132. The number of aliphatic hydroxyl groups excluding tert-OH is 1. The third-order valence-electron chi connectivity index (χ3n) is 7.30. The Kier molecular flexibility index (Phi) is 9.04. The molecule has 1 N–H and O–H groups in total. The van der Waals surface area contributed by atoms with Crippen molar-refractivity contribution in [1.29, 1.82) is 0 Å². The number of aryl methyl sites for hydroxylation is 1. The maximum atomic E-state index is 13.8. The monoisotopic (exact) mass is 659 g/mol. The number of rotatable bonds is 11. The van der Waals surface area contributed by atoms with Crippen LogP contribution in [-0.4, -0.2) is 49.6 Å². The minimum atomic E-state index is -1.06. The van der Waals surface area contributed by atoms with E-state index in [9.17, 15) is 19.1 Å². The van der Waals surface area contributed by atoms with Gasteiger partial charge < -0.3 is 14.6 Å². The fourth-order valence-electron chi connectivity index (χ4n) is 5.25. The van der Waals surface area contributed by atoms with Gasteiger partial charge in [-0.25, -0.2) is 9.37 Å². The Bertz CT molecular complexity index is 1960. The second kappa shape index (κ2) is 13.3. The molecule has 10 nitrogen and oxygen atoms in total. The topological polar surface area (TPSA) is 119 Å². The number of imidazole rings is 1. The summed E-state index contributed by atoms with van der Waals surface area (Å²) in [6.45, 7) is 6.42. The number of hydrogen-bond donors (Lipinski definition) is 1. The third kappa shape index (κ3) is 5.95. The van der Waals surface area contributed by atoms with Crippen molar-refractivity contribution in [3.8, 4) is 11.5 Å². The van der Waals surface area contributed by atoms with E-state index in [0.717, 1.165) is 23.3 Å². The lowest BCUT2D eigenvalue weighted by Crippen LogP contribution is -2.29. The Labute approximate surface area is 272 Å². The van der Waals surface area contributed by atoms with Crippen molar-refractivity contribution >= 4 is 51.3 Å². The molecule has 0 radical (unpaired) electrons. The van der Waals surface area contributed by atoms with E-state index in [1.165, 1.54) is 28.8 Å². The van der Waals surface area contributed by atoms with E-state index in [4.69, 9.17) is 9.47 Å². The van der Waals surface area contributed by atoms with E-state index < -0.39 is 17.7 Å². The molecule has 1 unspecified atom stereocenters. The summed E-state index contributed by atoms with van der Waals surface area (Å²) in [5.41, 5.74) is 2.66. The van der Waals surface area contributed by atoms with Gasteiger partial charge in [0.1, 0.15) is 17.2 Å². The number of anilines is 1. The smallest absolute Gasteiger partial charge is 0.301 e. The van der Waals surface area contributed by atoms with Gasteiger partial charge in [0.05, 0.1) is 30.5 Å². The molecule has 0 spiro atoms. The van der Waals surface area contributed by atoms with E-state index in [0.29, 0.717) is 57.4 Å². The highest BCUT2D eigenvalue weighted by Gasteiger charge is 2.49. The quantitative estimate of drug-likeness (QED) is 0.0541. The number of ether oxygens (including phenoxy) is 2. The van der Waals surface area contributed by atoms with Crippen LogP contribution >= 0.6 is 23.1 Å². The number of thioether (sulfide) groups is 1. The van der Waals surface area contributed by atoms with Crippen molar-refractivity contribution < 1.29 is 28.6 Å². The average molecular weight is 660 g/mol. The highest BCUT2D eigenvalue weighted by Crippen LogP contribution is 2.46. The number of benzene rings is 2. The first-order valence-corrected chi connectivity index (χ1v) is 16.5. The van der Waals surface area contributed by atoms with Crippen LogP contribution in [0.5, 0.6) is 11.5 Å². The summed E-state index contributed by atoms with van der Waals surface area (Å²) >= 11 is 2.52. The Balaban J connectivity index is 1.46. The van der Waals surface area contributed by atoms with Gasteiger partial charge in [-0.1, -0.05) is 54.3 Å². The van der Waals surface area contributed by atoms with Crippen LogP contribution < -0.4 is 14.4 Å². The molecule has 1 saturated heterocycles. The summed E-state index contributed by atoms with van der Waals surface area (Å²) in [6, 6.07) is 15.7. The third-order valence-corrected chi connectivity index (χ3v) is 9.42. The second-order valence-electron chi connectivity index (χ2n) is 10.4. The standard InChI is InChI=1S/C33H30FN5O5S2/c1-4-16-44-23-14-11-21(17-24(23)43-5-2)28-26(29(40)27-19(3)35-25-8-6-7-15-38(25)27)30(41)31(42)39(28)32-36-37-33(46-32)45-18-20-9-12-22(34)13-10-20/h6-15,17,28,40H,4-5,16,18H2,1-3H3. The Hall–Kier alpha value is -4.75. The first kappa shape index (κ1) is 31.2. The predicted molar refractivity (Wildman–Crippen MR) is 174 cm³/mol. The SMILES string of the molecule is CCCOc1ccc(C2C(=C(O)c3c(C)nc4ccccn34)C(=O)C(=O)N2c2nnc(SCc3ccc(F)cc3)s2)cc1OCC. The zero-order valence-electron chi connectivity index (χ0n) is 25.3. The number of carbonyl (C=O) groups is 2. The predicted octanol–water partition coefficient (Wildman–Crippen LogP) is 6.74. The van der Waals surface area contributed by atoms with Gasteiger partial charge in [0.15, 0.2) is 21.6 Å². The molecule has 1 fully saturated rings. The summed E-state index contributed by atoms with van der Waals surface area (Å²) < 4.78 is 27.4. The van der Waals surface area contributed by atoms with Gasteiger partial charge in [-0.05, 0) is 67.8 Å². The van der Waals surface area contributed by atoms with Gasteiger partial charge in [0, 0.05) is 11.9 Å². The van der Waals surface area contributed by atoms with Crippen LogP contribution in [0.25, 0.3) is 11.4 Å². The fourth-order valence-corrected chi connectivity index (χ4v) is 7.07. The molecule has 13 heteroatoms. The molecule has 0 saturated carbocycles. The molecule has 4 heterocycles. The number of hydrogen-bond acceptors (Lipinski definition) is 10. The van der Waals surface area contributed by atoms with Crippen molar-refractivity contribution in [2.75, 3.05) is 18.1 Å². The second-order valence-corrected chi connectivity index (χ2v) is 12.6. The van der Waals surface area contributed by atoms with Crippen LogP contribution in [0.15, 0.2) is 76.8 Å². The number of Topliss-reactive ketones (excluding diaryl/α,β-unsaturated/α-hetero) is 1. The van der Waals surface area contributed by atoms with Crippen LogP contribution in [0.1, 0.15) is 48.8 Å². The van der Waals surface area contributed by atoms with Crippen molar-refractivity contribution in [3.63, 3.8) is 0 Å². The largest absolute Gasteiger partial charge is 0.505 e. The van der Waals surface area contributed by atoms with Crippen LogP contribution in [0.4, 0.5) is 9.52 Å². The molecule has 1 aliphatic rings. The van der Waals surface area contributed by atoms with Crippen molar-refractivity contribution in [2.24, 2.45) is 0 Å². The van der Waals surface area contributed by atoms with Gasteiger partial charge in [0.2, 0.25) is 5.13 Å². The van der Waals surface area contributed by atoms with Crippen molar-refractivity contribution in [2.45, 2.75) is 43.3 Å². The zero-order valence-corrected chi connectivity index (χ0v) is 26.9. The summed E-state index contributed by atoms with van der Waals surface area (Å²) in [5.74, 6) is -0.932. The fraction of sp³-hybridized carbons (Fsp3) is 0.242. The number of amides is 1. The minimum absolute atomic E-state index is 0.112. The highest BCUT2D eigenvalue weighted by atomic mass is 32.2. The number of aliphatic hydroxyl groups is 1. The van der Waals surface area contributed by atoms with Gasteiger partial charge >= 0.3 is 5.91 Å². The number of halogens is 1. The summed E-state index contributed by atoms with van der Waals surface area (Å²) in [5, 5.41) is 20.6. The molecule has 1 atom stereocenters. The van der Waals surface area contributed by atoms with E-state index >= 15 is 0 Å². The lowest BCUT2D eigenvalue weighted by Gasteiger charge is -2.23. The van der Waals surface area contributed by atoms with Crippen LogP contribution in [-0.2, 0) is 15.3 Å². The van der Waals surface area contributed by atoms with Crippen LogP contribution in [0, 0.1) is 12.7 Å². The van der Waals surface area contributed by atoms with Crippen molar-refractivity contribution in [3.05, 3.63) is 101 Å². The Morgan fingerprint density at radius 1 is 1.04 bits per heavy atom. The molecule has 2 aromatic carbocycles. The van der Waals surface area contributed by atoms with E-state index in [-0.39, 0.29) is 22.3 Å². The number of aromatic nitrogens is 4. The van der Waals surface area contributed by atoms with E-state index in [1.807, 2.05) is 19.9 Å². The van der Waals surface area contributed by atoms with E-state index in [1.54, 1.807) is 60.0 Å². The molecule has 1 aliphatic heterocycles. The minimum Gasteiger partial charge on any atom is -0.505 e. The first-order valence-electron chi connectivity index (χ1n) is 14.7. The molecule has 1 amide bonds. The molecule has 0 aliphatic carbocycles. The number of nitrogens with zero attached hydrogens (tertiary/aromatic N) is 5. The summed E-state index contributed by atoms with van der Waals surface area (Å²) in [4.78, 5) is 33.5. The number of pyridine rings is 1. The van der Waals surface area contributed by atoms with Crippen molar-refractivity contribution in [1.82, 2.24) is 19.6 Å². The average Bonchev–Trinajstić information content (AvgIpc) is 3.73. The van der Waals surface area contributed by atoms with E-state index in [2.05, 4.69) is 15.2 Å². The molecular weight excluding hydrogens is 630 g/mol. The normalized spacial score (nSPS) is 16.0. The summed E-state index contributed by atoms with van der Waals surface area (Å²) in [6.07, 6.45) is 2.53. The van der Waals surface area contributed by atoms with Gasteiger partial charge in [-0.2, -0.15) is 0 Å². The molecule has 5 aromatic rings. The first-order chi connectivity index (χ1) is 22.3. The number of carbonyl (C=O) groups excluding carboxylic acids is 2. The highest BCUT2D eigenvalue weighted by molar-refractivity contribution is 8.00. The van der Waals surface area contributed by atoms with Crippen LogP contribution in [0.2, 0.25) is 0 Å². The molecule has 46 heavy (non-hydrogen) atoms. The Morgan fingerprint density at radius 2 is 1.85 bits per heavy atom. The molecule has 236 valence electrons. The number of fused-ring (bicyclic) bond motifs is 1. The van der Waals surface area contributed by atoms with Gasteiger partial charge in [-0.3, -0.25) is 18.9 Å². The van der Waals surface area contributed by atoms with Gasteiger partial charge in [-0.15, -0.1) is 10.2 Å². The molecule has 3 aromatic heterocycles. The lowest BCUT2D eigenvalue weighted by atomic mass is 9.96. The maximum Gasteiger partial charge on any atom is 0.301 e. The summed E-state index contributed by atoms with van der Waals surface area (Å²) in [7, 11) is 0.